The third kappa shape index (κ3) is 5.92. The van der Waals surface area contributed by atoms with E-state index in [1.165, 1.54) is 6.20 Å². The number of hydrogen-bond acceptors (Lipinski definition) is 6. The minimum absolute atomic E-state index is 0.0512. The predicted molar refractivity (Wildman–Crippen MR) is 99.9 cm³/mol. The highest BCUT2D eigenvalue weighted by molar-refractivity contribution is 5.93. The molecule has 0 bridgehead atoms. The molecule has 0 radical (unpaired) electrons. The van der Waals surface area contributed by atoms with Gasteiger partial charge in [-0.3, -0.25) is 4.79 Å². The zero-order chi connectivity index (χ0) is 19.1. The molecule has 1 aliphatic heterocycles. The molecule has 0 unspecified atom stereocenters. The first-order chi connectivity index (χ1) is 13.1. The van der Waals surface area contributed by atoms with Gasteiger partial charge in [0.25, 0.3) is 5.91 Å². The fourth-order valence-electron chi connectivity index (χ4n) is 2.70. The van der Waals surface area contributed by atoms with E-state index in [4.69, 9.17) is 14.2 Å². The van der Waals surface area contributed by atoms with Gasteiger partial charge in [0.1, 0.15) is 6.10 Å². The summed E-state index contributed by atoms with van der Waals surface area (Å²) in [6.45, 7) is 5.70. The van der Waals surface area contributed by atoms with Crippen LogP contribution in [-0.4, -0.2) is 41.3 Å². The van der Waals surface area contributed by atoms with Crippen LogP contribution in [0, 0.1) is 0 Å². The molecule has 2 aromatic heterocycles. The van der Waals surface area contributed by atoms with Crippen LogP contribution in [0.4, 0.5) is 0 Å². The maximum Gasteiger partial charge on any atom is 0.253 e. The molecule has 27 heavy (non-hydrogen) atoms. The minimum Gasteiger partial charge on any atom is -0.475 e. The van der Waals surface area contributed by atoms with E-state index >= 15 is 0 Å². The summed E-state index contributed by atoms with van der Waals surface area (Å²) in [6, 6.07) is 7.11. The lowest BCUT2D eigenvalue weighted by molar-refractivity contribution is 0.0237. The summed E-state index contributed by atoms with van der Waals surface area (Å²) in [5.41, 5.74) is 1.41. The molecule has 0 saturated carbocycles. The summed E-state index contributed by atoms with van der Waals surface area (Å²) in [6.07, 6.45) is 5.10. The summed E-state index contributed by atoms with van der Waals surface area (Å²) in [4.78, 5) is 20.7. The lowest BCUT2D eigenvalue weighted by atomic mass is 10.1. The van der Waals surface area contributed by atoms with E-state index in [1.54, 1.807) is 18.3 Å². The molecular formula is C20H25N3O4. The van der Waals surface area contributed by atoms with Gasteiger partial charge >= 0.3 is 0 Å². The second-order valence-electron chi connectivity index (χ2n) is 6.67. The average Bonchev–Trinajstić information content (AvgIpc) is 2.67. The molecule has 0 aromatic carbocycles. The molecular weight excluding hydrogens is 346 g/mol. The van der Waals surface area contributed by atoms with Crippen LogP contribution in [-0.2, 0) is 11.3 Å². The van der Waals surface area contributed by atoms with Crippen molar-refractivity contribution in [3.05, 3.63) is 47.8 Å². The van der Waals surface area contributed by atoms with Crippen LogP contribution in [0.5, 0.6) is 11.8 Å². The van der Waals surface area contributed by atoms with Crippen LogP contribution < -0.4 is 14.8 Å². The highest BCUT2D eigenvalue weighted by Crippen LogP contribution is 2.16. The summed E-state index contributed by atoms with van der Waals surface area (Å²) in [5.74, 6) is 0.888. The lowest BCUT2D eigenvalue weighted by Crippen LogP contribution is -2.26. The number of carbonyl (C=O) groups excluding carboxylic acids is 1. The Labute approximate surface area is 159 Å². The second kappa shape index (κ2) is 9.32. The number of pyridine rings is 2. The first-order valence-corrected chi connectivity index (χ1v) is 9.20. The standard InChI is InChI=1S/C20H25N3O4/c1-14(2)26-19-11-15(5-8-21-19)12-23-20(24)16-3-4-18(22-13-16)27-17-6-9-25-10-7-17/h3-5,8,11,13-14,17H,6-7,9-10,12H2,1-2H3,(H,23,24). The van der Waals surface area contributed by atoms with Gasteiger partial charge in [0.05, 0.1) is 24.9 Å². The second-order valence-corrected chi connectivity index (χ2v) is 6.67. The molecule has 7 heteroatoms. The topological polar surface area (TPSA) is 82.6 Å². The van der Waals surface area contributed by atoms with Gasteiger partial charge in [-0.15, -0.1) is 0 Å². The molecule has 1 saturated heterocycles. The molecule has 2 aromatic rings. The number of aromatic nitrogens is 2. The number of hydrogen-bond donors (Lipinski definition) is 1. The molecule has 0 atom stereocenters. The van der Waals surface area contributed by atoms with Gasteiger partial charge in [-0.2, -0.15) is 0 Å². The van der Waals surface area contributed by atoms with Crippen LogP contribution in [0.1, 0.15) is 42.6 Å². The Balaban J connectivity index is 1.52. The van der Waals surface area contributed by atoms with Crippen LogP contribution in [0.2, 0.25) is 0 Å². The zero-order valence-corrected chi connectivity index (χ0v) is 15.7. The van der Waals surface area contributed by atoms with E-state index in [0.29, 0.717) is 37.1 Å². The van der Waals surface area contributed by atoms with Crippen molar-refractivity contribution in [2.75, 3.05) is 13.2 Å². The largest absolute Gasteiger partial charge is 0.475 e. The third-order valence-corrected chi connectivity index (χ3v) is 4.06. The molecule has 3 heterocycles. The number of amides is 1. The smallest absolute Gasteiger partial charge is 0.253 e. The van der Waals surface area contributed by atoms with Crippen LogP contribution >= 0.6 is 0 Å². The Morgan fingerprint density at radius 2 is 2.04 bits per heavy atom. The normalized spacial score (nSPS) is 14.8. The Morgan fingerprint density at radius 1 is 1.22 bits per heavy atom. The van der Waals surface area contributed by atoms with Crippen molar-refractivity contribution >= 4 is 5.91 Å². The van der Waals surface area contributed by atoms with E-state index < -0.39 is 0 Å². The maximum absolute atomic E-state index is 12.3. The highest BCUT2D eigenvalue weighted by Gasteiger charge is 2.16. The molecule has 3 rings (SSSR count). The van der Waals surface area contributed by atoms with E-state index in [2.05, 4.69) is 15.3 Å². The molecule has 1 aliphatic rings. The van der Waals surface area contributed by atoms with E-state index in [1.807, 2.05) is 26.0 Å². The first-order valence-electron chi connectivity index (χ1n) is 9.20. The fraction of sp³-hybridized carbons (Fsp3) is 0.450. The summed E-state index contributed by atoms with van der Waals surface area (Å²) >= 11 is 0. The summed E-state index contributed by atoms with van der Waals surface area (Å²) in [5, 5.41) is 2.88. The maximum atomic E-state index is 12.3. The van der Waals surface area contributed by atoms with Crippen LogP contribution in [0.15, 0.2) is 36.7 Å². The Hall–Kier alpha value is -2.67. The molecule has 144 valence electrons. The predicted octanol–water partition coefficient (Wildman–Crippen LogP) is 2.75. The van der Waals surface area contributed by atoms with Gasteiger partial charge < -0.3 is 19.5 Å². The van der Waals surface area contributed by atoms with Gasteiger partial charge in [-0.1, -0.05) is 0 Å². The Morgan fingerprint density at radius 3 is 2.74 bits per heavy atom. The van der Waals surface area contributed by atoms with Crippen molar-refractivity contribution < 1.29 is 19.0 Å². The van der Waals surface area contributed by atoms with Gasteiger partial charge in [-0.05, 0) is 31.5 Å². The van der Waals surface area contributed by atoms with E-state index in [9.17, 15) is 4.79 Å². The minimum atomic E-state index is -0.191. The fourth-order valence-corrected chi connectivity index (χ4v) is 2.70. The molecule has 1 amide bonds. The molecule has 1 N–H and O–H groups in total. The molecule has 0 spiro atoms. The number of carbonyl (C=O) groups is 1. The van der Waals surface area contributed by atoms with Gasteiger partial charge in [-0.25, -0.2) is 9.97 Å². The monoisotopic (exact) mass is 371 g/mol. The lowest BCUT2D eigenvalue weighted by Gasteiger charge is -2.22. The zero-order valence-electron chi connectivity index (χ0n) is 15.7. The number of nitrogens with zero attached hydrogens (tertiary/aromatic N) is 2. The number of nitrogens with one attached hydrogen (secondary N) is 1. The Kier molecular flexibility index (Phi) is 6.59. The molecule has 0 aliphatic carbocycles. The van der Waals surface area contributed by atoms with Crippen LogP contribution in [0.25, 0.3) is 0 Å². The number of ether oxygens (including phenoxy) is 3. The van der Waals surface area contributed by atoms with Crippen molar-refractivity contribution in [2.45, 2.75) is 45.4 Å². The summed E-state index contributed by atoms with van der Waals surface area (Å²) in [7, 11) is 0. The van der Waals surface area contributed by atoms with Gasteiger partial charge in [0, 0.05) is 43.9 Å². The van der Waals surface area contributed by atoms with Gasteiger partial charge in [0.2, 0.25) is 11.8 Å². The Bertz CT molecular complexity index is 743. The first kappa shape index (κ1) is 19.1. The molecule has 1 fully saturated rings. The van der Waals surface area contributed by atoms with Crippen LogP contribution in [0.3, 0.4) is 0 Å². The van der Waals surface area contributed by atoms with E-state index in [0.717, 1.165) is 18.4 Å². The van der Waals surface area contributed by atoms with Gasteiger partial charge in [0.15, 0.2) is 0 Å². The van der Waals surface area contributed by atoms with E-state index in [-0.39, 0.29) is 18.1 Å². The third-order valence-electron chi connectivity index (χ3n) is 4.06. The van der Waals surface area contributed by atoms with Crippen molar-refractivity contribution in [2.24, 2.45) is 0 Å². The average molecular weight is 371 g/mol. The molecule has 7 nitrogen and oxygen atoms in total. The van der Waals surface area contributed by atoms with Crippen molar-refractivity contribution in [3.8, 4) is 11.8 Å². The van der Waals surface area contributed by atoms with Crippen molar-refractivity contribution in [3.63, 3.8) is 0 Å². The van der Waals surface area contributed by atoms with Crippen molar-refractivity contribution in [1.82, 2.24) is 15.3 Å². The SMILES string of the molecule is CC(C)Oc1cc(CNC(=O)c2ccc(OC3CCOCC3)nc2)ccn1. The summed E-state index contributed by atoms with van der Waals surface area (Å²) < 4.78 is 16.7. The number of rotatable bonds is 7. The highest BCUT2D eigenvalue weighted by atomic mass is 16.5. The van der Waals surface area contributed by atoms with Crippen molar-refractivity contribution in [1.29, 1.82) is 0 Å². The quantitative estimate of drug-likeness (QED) is 0.806.